The van der Waals surface area contributed by atoms with Crippen LogP contribution in [0.2, 0.25) is 0 Å². The molecule has 4 rings (SSSR count). The first kappa shape index (κ1) is 15.8. The molecule has 0 saturated carbocycles. The second kappa shape index (κ2) is 6.64. The van der Waals surface area contributed by atoms with E-state index in [0.717, 1.165) is 29.9 Å². The third-order valence-corrected chi connectivity index (χ3v) is 4.19. The van der Waals surface area contributed by atoms with Crippen molar-refractivity contribution in [2.45, 2.75) is 32.4 Å². The SMILES string of the molecule is CC(C)n1cnc2cnc(Nc3ccnc(NC4CCOC4)n3)cc21. The maximum Gasteiger partial charge on any atom is 0.224 e. The summed E-state index contributed by atoms with van der Waals surface area (Å²) in [6.07, 6.45) is 6.31. The second-order valence-electron chi connectivity index (χ2n) is 6.40. The zero-order valence-electron chi connectivity index (χ0n) is 14.3. The number of anilines is 3. The van der Waals surface area contributed by atoms with E-state index in [1.807, 2.05) is 18.5 Å². The first-order valence-electron chi connectivity index (χ1n) is 8.46. The Bertz CT molecular complexity index is 870. The number of fused-ring (bicyclic) bond motifs is 1. The molecular formula is C17H21N7O. The van der Waals surface area contributed by atoms with Gasteiger partial charge in [-0.25, -0.2) is 15.0 Å². The Balaban J connectivity index is 1.55. The van der Waals surface area contributed by atoms with E-state index in [1.165, 1.54) is 0 Å². The van der Waals surface area contributed by atoms with Gasteiger partial charge in [0.25, 0.3) is 0 Å². The molecule has 0 spiro atoms. The zero-order chi connectivity index (χ0) is 17.2. The number of ether oxygens (including phenoxy) is 1. The second-order valence-corrected chi connectivity index (χ2v) is 6.40. The van der Waals surface area contributed by atoms with E-state index < -0.39 is 0 Å². The van der Waals surface area contributed by atoms with Gasteiger partial charge in [0.15, 0.2) is 0 Å². The van der Waals surface area contributed by atoms with E-state index in [0.29, 0.717) is 24.4 Å². The summed E-state index contributed by atoms with van der Waals surface area (Å²) in [5.41, 5.74) is 1.92. The minimum atomic E-state index is 0.269. The lowest BCUT2D eigenvalue weighted by molar-refractivity contribution is 0.195. The Labute approximate surface area is 145 Å². The van der Waals surface area contributed by atoms with Crippen LogP contribution < -0.4 is 10.6 Å². The van der Waals surface area contributed by atoms with Crippen LogP contribution in [0, 0.1) is 0 Å². The van der Waals surface area contributed by atoms with Gasteiger partial charge in [0.05, 0.1) is 30.7 Å². The molecule has 1 fully saturated rings. The predicted octanol–water partition coefficient (Wildman–Crippen LogP) is 2.75. The summed E-state index contributed by atoms with van der Waals surface area (Å²) in [6, 6.07) is 4.42. The van der Waals surface area contributed by atoms with Crippen LogP contribution in [0.1, 0.15) is 26.3 Å². The van der Waals surface area contributed by atoms with Gasteiger partial charge in [0.1, 0.15) is 17.2 Å². The van der Waals surface area contributed by atoms with Gasteiger partial charge in [0, 0.05) is 24.9 Å². The highest BCUT2D eigenvalue weighted by Gasteiger charge is 2.16. The van der Waals surface area contributed by atoms with Crippen molar-refractivity contribution in [1.82, 2.24) is 24.5 Å². The first-order chi connectivity index (χ1) is 12.2. The van der Waals surface area contributed by atoms with Crippen LogP contribution in [-0.4, -0.2) is 43.8 Å². The van der Waals surface area contributed by atoms with E-state index in [9.17, 15) is 0 Å². The van der Waals surface area contributed by atoms with Gasteiger partial charge in [-0.05, 0) is 26.3 Å². The summed E-state index contributed by atoms with van der Waals surface area (Å²) in [7, 11) is 0. The van der Waals surface area contributed by atoms with Gasteiger partial charge < -0.3 is 19.9 Å². The minimum Gasteiger partial charge on any atom is -0.379 e. The van der Waals surface area contributed by atoms with Crippen molar-refractivity contribution in [3.8, 4) is 0 Å². The fraction of sp³-hybridized carbons (Fsp3) is 0.412. The monoisotopic (exact) mass is 339 g/mol. The third-order valence-electron chi connectivity index (χ3n) is 4.19. The van der Waals surface area contributed by atoms with E-state index in [4.69, 9.17) is 4.74 Å². The highest BCUT2D eigenvalue weighted by molar-refractivity contribution is 5.78. The number of aromatic nitrogens is 5. The summed E-state index contributed by atoms with van der Waals surface area (Å²) in [4.78, 5) is 17.6. The molecule has 0 aliphatic carbocycles. The molecule has 130 valence electrons. The molecular weight excluding hydrogens is 318 g/mol. The lowest BCUT2D eigenvalue weighted by Gasteiger charge is -2.12. The molecule has 8 heteroatoms. The van der Waals surface area contributed by atoms with Crippen molar-refractivity contribution in [3.05, 3.63) is 30.9 Å². The third kappa shape index (κ3) is 3.39. The molecule has 0 amide bonds. The van der Waals surface area contributed by atoms with Gasteiger partial charge in [-0.2, -0.15) is 4.98 Å². The fourth-order valence-corrected chi connectivity index (χ4v) is 2.87. The molecule has 0 radical (unpaired) electrons. The van der Waals surface area contributed by atoms with Crippen LogP contribution in [0.15, 0.2) is 30.9 Å². The number of pyridine rings is 1. The average molecular weight is 339 g/mol. The smallest absolute Gasteiger partial charge is 0.224 e. The highest BCUT2D eigenvalue weighted by atomic mass is 16.5. The Morgan fingerprint density at radius 1 is 1.24 bits per heavy atom. The molecule has 2 N–H and O–H groups in total. The van der Waals surface area contributed by atoms with Crippen molar-refractivity contribution < 1.29 is 4.74 Å². The number of hydrogen-bond acceptors (Lipinski definition) is 7. The summed E-state index contributed by atoms with van der Waals surface area (Å²) in [6.45, 7) is 5.73. The Morgan fingerprint density at radius 3 is 2.96 bits per heavy atom. The van der Waals surface area contributed by atoms with Crippen molar-refractivity contribution in [3.63, 3.8) is 0 Å². The number of nitrogens with zero attached hydrogens (tertiary/aromatic N) is 5. The van der Waals surface area contributed by atoms with E-state index in [2.05, 4.69) is 49.0 Å². The Hall–Kier alpha value is -2.74. The van der Waals surface area contributed by atoms with Crippen molar-refractivity contribution in [2.75, 3.05) is 23.8 Å². The topological polar surface area (TPSA) is 89.8 Å². The minimum absolute atomic E-state index is 0.269. The normalized spacial score (nSPS) is 17.3. The van der Waals surface area contributed by atoms with Crippen molar-refractivity contribution >= 4 is 28.6 Å². The van der Waals surface area contributed by atoms with Crippen LogP contribution in [-0.2, 0) is 4.74 Å². The Kier molecular flexibility index (Phi) is 4.19. The highest BCUT2D eigenvalue weighted by Crippen LogP contribution is 2.21. The van der Waals surface area contributed by atoms with Gasteiger partial charge in [-0.3, -0.25) is 0 Å². The fourth-order valence-electron chi connectivity index (χ4n) is 2.87. The molecule has 0 aromatic carbocycles. The molecule has 4 heterocycles. The quantitative estimate of drug-likeness (QED) is 0.738. The van der Waals surface area contributed by atoms with Crippen LogP contribution in [0.25, 0.3) is 11.0 Å². The van der Waals surface area contributed by atoms with E-state index in [1.54, 1.807) is 12.4 Å². The van der Waals surface area contributed by atoms with Crippen molar-refractivity contribution in [1.29, 1.82) is 0 Å². The van der Waals surface area contributed by atoms with E-state index >= 15 is 0 Å². The molecule has 1 aliphatic rings. The van der Waals surface area contributed by atoms with Crippen LogP contribution >= 0.6 is 0 Å². The number of rotatable bonds is 5. The lowest BCUT2D eigenvalue weighted by atomic mass is 10.3. The zero-order valence-corrected chi connectivity index (χ0v) is 14.3. The molecule has 1 aliphatic heterocycles. The van der Waals surface area contributed by atoms with Gasteiger partial charge in [0.2, 0.25) is 5.95 Å². The van der Waals surface area contributed by atoms with Gasteiger partial charge in [-0.15, -0.1) is 0 Å². The number of nitrogens with one attached hydrogen (secondary N) is 2. The molecule has 0 bridgehead atoms. The summed E-state index contributed by atoms with van der Waals surface area (Å²) >= 11 is 0. The summed E-state index contributed by atoms with van der Waals surface area (Å²) in [5.74, 6) is 2.01. The van der Waals surface area contributed by atoms with Crippen molar-refractivity contribution in [2.24, 2.45) is 0 Å². The maximum atomic E-state index is 5.37. The van der Waals surface area contributed by atoms with Gasteiger partial charge in [-0.1, -0.05) is 0 Å². The van der Waals surface area contributed by atoms with Crippen LogP contribution in [0.4, 0.5) is 17.6 Å². The number of hydrogen-bond donors (Lipinski definition) is 2. The molecule has 1 atom stereocenters. The summed E-state index contributed by atoms with van der Waals surface area (Å²) in [5, 5.41) is 6.54. The molecule has 3 aromatic heterocycles. The number of imidazole rings is 1. The van der Waals surface area contributed by atoms with E-state index in [-0.39, 0.29) is 6.04 Å². The summed E-state index contributed by atoms with van der Waals surface area (Å²) < 4.78 is 7.49. The molecule has 3 aromatic rings. The molecule has 8 nitrogen and oxygen atoms in total. The molecule has 25 heavy (non-hydrogen) atoms. The maximum absolute atomic E-state index is 5.37. The first-order valence-corrected chi connectivity index (χ1v) is 8.46. The standard InChI is InChI=1S/C17H21N7O/c1-11(2)24-10-20-13-8-19-16(7-14(13)24)22-15-3-5-18-17(23-15)21-12-4-6-25-9-12/h3,5,7-8,10-12H,4,6,9H2,1-2H3,(H2,18,19,21,22,23). The van der Waals surface area contributed by atoms with Crippen LogP contribution in [0.5, 0.6) is 0 Å². The van der Waals surface area contributed by atoms with Crippen LogP contribution in [0.3, 0.4) is 0 Å². The molecule has 1 unspecified atom stereocenters. The molecule has 1 saturated heterocycles. The van der Waals surface area contributed by atoms with Gasteiger partial charge >= 0.3 is 0 Å². The Morgan fingerprint density at radius 2 is 2.16 bits per heavy atom. The predicted molar refractivity (Wildman–Crippen MR) is 96.1 cm³/mol. The lowest BCUT2D eigenvalue weighted by Crippen LogP contribution is -2.20. The average Bonchev–Trinajstić information content (AvgIpc) is 3.24. The largest absolute Gasteiger partial charge is 0.379 e.